The largest absolute Gasteiger partial charge is 0.491 e. The number of hydrogen-bond donors (Lipinski definition) is 1. The molecule has 0 spiro atoms. The van der Waals surface area contributed by atoms with Gasteiger partial charge in [0.2, 0.25) is 0 Å². The summed E-state index contributed by atoms with van der Waals surface area (Å²) in [6.45, 7) is 2.37. The van der Waals surface area contributed by atoms with Crippen molar-refractivity contribution in [2.45, 2.75) is 19.3 Å². The Hall–Kier alpha value is -1.22. The van der Waals surface area contributed by atoms with E-state index in [0.717, 1.165) is 31.3 Å². The summed E-state index contributed by atoms with van der Waals surface area (Å²) in [5.74, 6) is 1.61. The number of para-hydroxylation sites is 2. The van der Waals surface area contributed by atoms with Gasteiger partial charge in [-0.1, -0.05) is 12.1 Å². The van der Waals surface area contributed by atoms with Gasteiger partial charge in [-0.15, -0.1) is 0 Å². The minimum absolute atomic E-state index is 0.666. The molecule has 0 heterocycles. The van der Waals surface area contributed by atoms with Crippen molar-refractivity contribution >= 4 is 5.69 Å². The summed E-state index contributed by atoms with van der Waals surface area (Å²) >= 11 is 0. The van der Waals surface area contributed by atoms with Gasteiger partial charge >= 0.3 is 0 Å². The van der Waals surface area contributed by atoms with E-state index in [-0.39, 0.29) is 0 Å². The molecule has 0 aliphatic heterocycles. The lowest BCUT2D eigenvalue weighted by atomic mass is 10.3. The summed E-state index contributed by atoms with van der Waals surface area (Å²) in [5.41, 5.74) is 6.45. The molecule has 1 aromatic rings. The molecule has 0 aromatic heterocycles. The molecule has 2 N–H and O–H groups in total. The van der Waals surface area contributed by atoms with E-state index >= 15 is 0 Å². The summed E-state index contributed by atoms with van der Waals surface area (Å²) in [5, 5.41) is 0. The van der Waals surface area contributed by atoms with E-state index < -0.39 is 0 Å². The van der Waals surface area contributed by atoms with E-state index in [1.165, 1.54) is 12.8 Å². The molecule has 3 heteroatoms. The molecule has 1 fully saturated rings. The van der Waals surface area contributed by atoms with Crippen LogP contribution in [0.5, 0.6) is 5.75 Å². The highest BCUT2D eigenvalue weighted by atomic mass is 16.5. The van der Waals surface area contributed by atoms with Crippen molar-refractivity contribution in [1.82, 2.24) is 0 Å². The number of rotatable bonds is 7. The fourth-order valence-electron chi connectivity index (χ4n) is 1.49. The van der Waals surface area contributed by atoms with Crippen LogP contribution in [-0.4, -0.2) is 19.8 Å². The quantitative estimate of drug-likeness (QED) is 0.568. The first-order valence-electron chi connectivity index (χ1n) is 5.91. The van der Waals surface area contributed by atoms with E-state index in [1.807, 2.05) is 24.3 Å². The number of nitrogens with two attached hydrogens (primary N) is 1. The average Bonchev–Trinajstić information content (AvgIpc) is 3.09. The van der Waals surface area contributed by atoms with E-state index in [1.54, 1.807) is 0 Å². The SMILES string of the molecule is Nc1ccccc1OCCCOCC1CC1. The van der Waals surface area contributed by atoms with Crippen molar-refractivity contribution in [3.05, 3.63) is 24.3 Å². The highest BCUT2D eigenvalue weighted by Crippen LogP contribution is 2.28. The van der Waals surface area contributed by atoms with Crippen LogP contribution in [0.1, 0.15) is 19.3 Å². The minimum Gasteiger partial charge on any atom is -0.491 e. The average molecular weight is 221 g/mol. The van der Waals surface area contributed by atoms with Crippen molar-refractivity contribution in [3.8, 4) is 5.75 Å². The maximum absolute atomic E-state index is 5.75. The zero-order valence-corrected chi connectivity index (χ0v) is 9.52. The van der Waals surface area contributed by atoms with Gasteiger partial charge in [0, 0.05) is 19.6 Å². The fourth-order valence-corrected chi connectivity index (χ4v) is 1.49. The number of benzene rings is 1. The molecule has 0 radical (unpaired) electrons. The summed E-state index contributed by atoms with van der Waals surface area (Å²) < 4.78 is 11.1. The Morgan fingerprint density at radius 1 is 1.19 bits per heavy atom. The molecule has 1 saturated carbocycles. The molecule has 0 bridgehead atoms. The molecular formula is C13H19NO2. The third kappa shape index (κ3) is 3.74. The molecule has 88 valence electrons. The van der Waals surface area contributed by atoms with Gasteiger partial charge in [0.05, 0.1) is 12.3 Å². The summed E-state index contributed by atoms with van der Waals surface area (Å²) in [6, 6.07) is 7.57. The second-order valence-electron chi connectivity index (χ2n) is 4.26. The zero-order valence-electron chi connectivity index (χ0n) is 9.52. The predicted molar refractivity (Wildman–Crippen MR) is 64.5 cm³/mol. The van der Waals surface area contributed by atoms with Gasteiger partial charge in [-0.25, -0.2) is 0 Å². The van der Waals surface area contributed by atoms with Gasteiger partial charge in [0.25, 0.3) is 0 Å². The monoisotopic (exact) mass is 221 g/mol. The summed E-state index contributed by atoms with van der Waals surface area (Å²) in [7, 11) is 0. The molecule has 1 aliphatic carbocycles. The Morgan fingerprint density at radius 2 is 2.00 bits per heavy atom. The van der Waals surface area contributed by atoms with Crippen molar-refractivity contribution in [2.24, 2.45) is 5.92 Å². The van der Waals surface area contributed by atoms with E-state index in [2.05, 4.69) is 0 Å². The van der Waals surface area contributed by atoms with Crippen molar-refractivity contribution in [2.75, 3.05) is 25.6 Å². The maximum atomic E-state index is 5.75. The summed E-state index contributed by atoms with van der Waals surface area (Å²) in [6.07, 6.45) is 3.61. The molecule has 1 aliphatic rings. The first-order chi connectivity index (χ1) is 7.86. The maximum Gasteiger partial charge on any atom is 0.142 e. The van der Waals surface area contributed by atoms with Gasteiger partial charge in [0.1, 0.15) is 5.75 Å². The second kappa shape index (κ2) is 5.75. The Kier molecular flexibility index (Phi) is 4.05. The molecule has 1 aromatic carbocycles. The van der Waals surface area contributed by atoms with Crippen LogP contribution in [0.3, 0.4) is 0 Å². The Bertz CT molecular complexity index is 323. The van der Waals surface area contributed by atoms with Gasteiger partial charge in [0.15, 0.2) is 0 Å². The smallest absolute Gasteiger partial charge is 0.142 e. The highest BCUT2D eigenvalue weighted by Gasteiger charge is 2.20. The lowest BCUT2D eigenvalue weighted by molar-refractivity contribution is 0.111. The van der Waals surface area contributed by atoms with Crippen molar-refractivity contribution in [3.63, 3.8) is 0 Å². The molecule has 0 atom stereocenters. The van der Waals surface area contributed by atoms with Crippen LogP contribution < -0.4 is 10.5 Å². The lowest BCUT2D eigenvalue weighted by Gasteiger charge is -2.08. The van der Waals surface area contributed by atoms with Crippen molar-refractivity contribution < 1.29 is 9.47 Å². The minimum atomic E-state index is 0.666. The van der Waals surface area contributed by atoms with Crippen LogP contribution in [0.25, 0.3) is 0 Å². The molecule has 0 unspecified atom stereocenters. The normalized spacial score (nSPS) is 15.0. The Balaban J connectivity index is 1.55. The van der Waals surface area contributed by atoms with Crippen LogP contribution in [0.2, 0.25) is 0 Å². The van der Waals surface area contributed by atoms with Crippen LogP contribution in [0.4, 0.5) is 5.69 Å². The fraction of sp³-hybridized carbons (Fsp3) is 0.538. The topological polar surface area (TPSA) is 44.5 Å². The van der Waals surface area contributed by atoms with Gasteiger partial charge in [-0.05, 0) is 30.9 Å². The van der Waals surface area contributed by atoms with Crippen molar-refractivity contribution in [1.29, 1.82) is 0 Å². The molecule has 3 nitrogen and oxygen atoms in total. The molecule has 0 saturated heterocycles. The standard InChI is InChI=1S/C13H19NO2/c14-12-4-1-2-5-13(12)16-9-3-8-15-10-11-6-7-11/h1-2,4-5,11H,3,6-10,14H2. The van der Waals surface area contributed by atoms with E-state index in [9.17, 15) is 0 Å². The number of nitrogen functional groups attached to an aromatic ring is 1. The Morgan fingerprint density at radius 3 is 2.75 bits per heavy atom. The first kappa shape index (κ1) is 11.3. The van der Waals surface area contributed by atoms with Crippen LogP contribution in [-0.2, 0) is 4.74 Å². The number of hydrogen-bond acceptors (Lipinski definition) is 3. The predicted octanol–water partition coefficient (Wildman–Crippen LogP) is 2.46. The second-order valence-corrected chi connectivity index (χ2v) is 4.26. The third-order valence-corrected chi connectivity index (χ3v) is 2.66. The number of anilines is 1. The molecule has 0 amide bonds. The zero-order chi connectivity index (χ0) is 11.2. The van der Waals surface area contributed by atoms with E-state index in [0.29, 0.717) is 12.3 Å². The Labute approximate surface area is 96.5 Å². The lowest BCUT2D eigenvalue weighted by Crippen LogP contribution is -2.05. The highest BCUT2D eigenvalue weighted by molar-refractivity contribution is 5.51. The van der Waals surface area contributed by atoms with Crippen LogP contribution in [0.15, 0.2) is 24.3 Å². The third-order valence-electron chi connectivity index (χ3n) is 2.66. The van der Waals surface area contributed by atoms with Gasteiger partial charge in [-0.2, -0.15) is 0 Å². The molecular weight excluding hydrogens is 202 g/mol. The molecule has 2 rings (SSSR count). The molecule has 16 heavy (non-hydrogen) atoms. The van der Waals surface area contributed by atoms with Crippen LogP contribution in [0, 0.1) is 5.92 Å². The van der Waals surface area contributed by atoms with Crippen LogP contribution >= 0.6 is 0 Å². The van der Waals surface area contributed by atoms with E-state index in [4.69, 9.17) is 15.2 Å². The van der Waals surface area contributed by atoms with Gasteiger partial charge < -0.3 is 15.2 Å². The first-order valence-corrected chi connectivity index (χ1v) is 5.91. The van der Waals surface area contributed by atoms with Gasteiger partial charge in [-0.3, -0.25) is 0 Å². The summed E-state index contributed by atoms with van der Waals surface area (Å²) in [4.78, 5) is 0. The number of ether oxygens (including phenoxy) is 2.